The molecule has 0 unspecified atom stereocenters. The van der Waals surface area contributed by atoms with Crippen LogP contribution in [0.15, 0.2) is 51.7 Å². The van der Waals surface area contributed by atoms with E-state index in [4.69, 9.17) is 13.9 Å². The van der Waals surface area contributed by atoms with Gasteiger partial charge in [0.2, 0.25) is 0 Å². The molecule has 0 atom stereocenters. The van der Waals surface area contributed by atoms with Crippen LogP contribution in [0.25, 0.3) is 11.0 Å². The van der Waals surface area contributed by atoms with Gasteiger partial charge in [-0.15, -0.1) is 0 Å². The summed E-state index contributed by atoms with van der Waals surface area (Å²) >= 11 is 0. The number of nitrogens with one attached hydrogen (secondary N) is 1. The lowest BCUT2D eigenvalue weighted by Gasteiger charge is -2.12. The van der Waals surface area contributed by atoms with Crippen molar-refractivity contribution < 1.29 is 13.9 Å². The maximum absolute atomic E-state index is 11.9. The molecule has 5 nitrogen and oxygen atoms in total. The summed E-state index contributed by atoms with van der Waals surface area (Å²) < 4.78 is 16.7. The monoisotopic (exact) mass is 351 g/mol. The Morgan fingerprint density at radius 3 is 2.69 bits per heavy atom. The molecule has 0 saturated carbocycles. The standard InChI is InChI=1S/C21H21NO4/c1-2-14-4-6-17-15(11-21(23)26-19(17)10-14)13-22-16-5-7-18-20(12-16)25-9-3-8-24-18/h4-7,10-12,22H,2-3,8-9,13H2,1H3. The Bertz CT molecular complexity index is 993. The van der Waals surface area contributed by atoms with Crippen LogP contribution >= 0.6 is 0 Å². The quantitative estimate of drug-likeness (QED) is 0.716. The molecule has 0 amide bonds. The third-order valence-corrected chi connectivity index (χ3v) is 4.53. The number of rotatable bonds is 4. The van der Waals surface area contributed by atoms with E-state index < -0.39 is 0 Å². The van der Waals surface area contributed by atoms with Gasteiger partial charge in [-0.05, 0) is 35.7 Å². The van der Waals surface area contributed by atoms with E-state index in [9.17, 15) is 4.79 Å². The predicted octanol–water partition coefficient (Wildman–Crippen LogP) is 4.13. The molecule has 0 spiro atoms. The van der Waals surface area contributed by atoms with Gasteiger partial charge < -0.3 is 19.2 Å². The molecule has 2 aromatic carbocycles. The van der Waals surface area contributed by atoms with Crippen molar-refractivity contribution in [3.63, 3.8) is 0 Å². The average Bonchev–Trinajstić information content (AvgIpc) is 2.90. The molecular weight excluding hydrogens is 330 g/mol. The zero-order valence-electron chi connectivity index (χ0n) is 14.7. The van der Waals surface area contributed by atoms with Gasteiger partial charge in [-0.2, -0.15) is 0 Å². The minimum atomic E-state index is -0.332. The summed E-state index contributed by atoms with van der Waals surface area (Å²) in [5.41, 5.74) is 3.27. The van der Waals surface area contributed by atoms with Gasteiger partial charge >= 0.3 is 5.63 Å². The van der Waals surface area contributed by atoms with E-state index in [1.807, 2.05) is 30.3 Å². The second kappa shape index (κ2) is 7.12. The molecule has 4 rings (SSSR count). The lowest BCUT2D eigenvalue weighted by molar-refractivity contribution is 0.297. The zero-order valence-corrected chi connectivity index (χ0v) is 14.7. The Morgan fingerprint density at radius 1 is 1.00 bits per heavy atom. The molecule has 2 heterocycles. The van der Waals surface area contributed by atoms with Gasteiger partial charge in [-0.25, -0.2) is 4.79 Å². The van der Waals surface area contributed by atoms with Crippen molar-refractivity contribution in [3.8, 4) is 11.5 Å². The fraction of sp³-hybridized carbons (Fsp3) is 0.286. The van der Waals surface area contributed by atoms with Crippen LogP contribution in [0.2, 0.25) is 0 Å². The topological polar surface area (TPSA) is 60.7 Å². The lowest BCUT2D eigenvalue weighted by atomic mass is 10.1. The normalized spacial score (nSPS) is 13.4. The van der Waals surface area contributed by atoms with Crippen molar-refractivity contribution >= 4 is 16.7 Å². The van der Waals surface area contributed by atoms with Crippen molar-refractivity contribution in [2.24, 2.45) is 0 Å². The molecule has 0 fully saturated rings. The molecule has 0 aliphatic carbocycles. The predicted molar refractivity (Wildman–Crippen MR) is 101 cm³/mol. The van der Waals surface area contributed by atoms with Gasteiger partial charge in [-0.3, -0.25) is 0 Å². The van der Waals surface area contributed by atoms with Crippen LogP contribution in [-0.2, 0) is 13.0 Å². The first kappa shape index (κ1) is 16.5. The van der Waals surface area contributed by atoms with Gasteiger partial charge in [0.1, 0.15) is 5.58 Å². The highest BCUT2D eigenvalue weighted by molar-refractivity contribution is 5.81. The molecule has 1 aromatic heterocycles. The maximum Gasteiger partial charge on any atom is 0.336 e. The summed E-state index contributed by atoms with van der Waals surface area (Å²) in [7, 11) is 0. The first-order valence-electron chi connectivity index (χ1n) is 8.92. The number of fused-ring (bicyclic) bond motifs is 2. The first-order valence-corrected chi connectivity index (χ1v) is 8.92. The SMILES string of the molecule is CCc1ccc2c(CNc3ccc4c(c3)OCCCO4)cc(=O)oc2c1. The van der Waals surface area contributed by atoms with Crippen molar-refractivity contribution in [1.29, 1.82) is 0 Å². The second-order valence-electron chi connectivity index (χ2n) is 6.34. The average molecular weight is 351 g/mol. The third kappa shape index (κ3) is 3.38. The zero-order chi connectivity index (χ0) is 17.9. The van der Waals surface area contributed by atoms with Crippen molar-refractivity contribution in [2.45, 2.75) is 26.3 Å². The summed E-state index contributed by atoms with van der Waals surface area (Å²) in [6.07, 6.45) is 1.78. The second-order valence-corrected chi connectivity index (χ2v) is 6.34. The van der Waals surface area contributed by atoms with Crippen molar-refractivity contribution in [2.75, 3.05) is 18.5 Å². The van der Waals surface area contributed by atoms with E-state index in [-0.39, 0.29) is 5.63 Å². The molecule has 5 heteroatoms. The molecule has 0 bridgehead atoms. The Balaban J connectivity index is 1.60. The first-order chi connectivity index (χ1) is 12.7. The van der Waals surface area contributed by atoms with Crippen LogP contribution in [0, 0.1) is 0 Å². The van der Waals surface area contributed by atoms with Gasteiger partial charge in [0.05, 0.1) is 13.2 Å². The summed E-state index contributed by atoms with van der Waals surface area (Å²) in [5.74, 6) is 1.52. The van der Waals surface area contributed by atoms with E-state index in [0.29, 0.717) is 25.3 Å². The molecule has 134 valence electrons. The number of anilines is 1. The van der Waals surface area contributed by atoms with E-state index in [1.165, 1.54) is 0 Å². The summed E-state index contributed by atoms with van der Waals surface area (Å²) in [5, 5.41) is 4.31. The van der Waals surface area contributed by atoms with E-state index in [0.717, 1.165) is 46.5 Å². The van der Waals surface area contributed by atoms with Crippen molar-refractivity contribution in [3.05, 3.63) is 64.0 Å². The Kier molecular flexibility index (Phi) is 4.52. The number of hydrogen-bond donors (Lipinski definition) is 1. The van der Waals surface area contributed by atoms with E-state index in [1.54, 1.807) is 6.07 Å². The number of ether oxygens (including phenoxy) is 2. The number of hydrogen-bond acceptors (Lipinski definition) is 5. The van der Waals surface area contributed by atoms with Gasteiger partial charge in [0.15, 0.2) is 11.5 Å². The molecule has 26 heavy (non-hydrogen) atoms. The highest BCUT2D eigenvalue weighted by Crippen LogP contribution is 2.32. The lowest BCUT2D eigenvalue weighted by Crippen LogP contribution is -2.06. The Labute approximate surface area is 151 Å². The smallest absolute Gasteiger partial charge is 0.336 e. The van der Waals surface area contributed by atoms with Gasteiger partial charge in [0.25, 0.3) is 0 Å². The maximum atomic E-state index is 11.9. The molecule has 3 aromatic rings. The highest BCUT2D eigenvalue weighted by atomic mass is 16.5. The summed E-state index contributed by atoms with van der Waals surface area (Å²) in [6.45, 7) is 3.92. The van der Waals surface area contributed by atoms with E-state index >= 15 is 0 Å². The fourth-order valence-electron chi connectivity index (χ4n) is 3.11. The molecule has 0 radical (unpaired) electrons. The highest BCUT2D eigenvalue weighted by Gasteiger charge is 2.11. The Hall–Kier alpha value is -2.95. The molecular formula is C21H21NO4. The van der Waals surface area contributed by atoms with Crippen LogP contribution in [0.3, 0.4) is 0 Å². The van der Waals surface area contributed by atoms with Crippen LogP contribution in [-0.4, -0.2) is 13.2 Å². The molecule has 1 aliphatic heterocycles. The fourth-order valence-corrected chi connectivity index (χ4v) is 3.11. The largest absolute Gasteiger partial charge is 0.490 e. The summed E-state index contributed by atoms with van der Waals surface area (Å²) in [4.78, 5) is 11.9. The van der Waals surface area contributed by atoms with Crippen molar-refractivity contribution in [1.82, 2.24) is 0 Å². The molecule has 0 saturated heterocycles. The van der Waals surface area contributed by atoms with Crippen LogP contribution in [0.1, 0.15) is 24.5 Å². The minimum Gasteiger partial charge on any atom is -0.490 e. The van der Waals surface area contributed by atoms with Crippen LogP contribution < -0.4 is 20.4 Å². The van der Waals surface area contributed by atoms with Gasteiger partial charge in [0, 0.05) is 36.2 Å². The third-order valence-electron chi connectivity index (χ3n) is 4.53. The van der Waals surface area contributed by atoms with Crippen LogP contribution in [0.5, 0.6) is 11.5 Å². The summed E-state index contributed by atoms with van der Waals surface area (Å²) in [6, 6.07) is 13.4. The minimum absolute atomic E-state index is 0.332. The molecule has 1 N–H and O–H groups in total. The number of benzene rings is 2. The Morgan fingerprint density at radius 2 is 1.85 bits per heavy atom. The van der Waals surface area contributed by atoms with Gasteiger partial charge in [-0.1, -0.05) is 19.1 Å². The van der Waals surface area contributed by atoms with Crippen LogP contribution in [0.4, 0.5) is 5.69 Å². The van der Waals surface area contributed by atoms with E-state index in [2.05, 4.69) is 18.3 Å². The number of aryl methyl sites for hydroxylation is 1. The molecule has 1 aliphatic rings.